The molecule has 1 aromatic heterocycles. The molecule has 6 heteroatoms. The molecule has 6 nitrogen and oxygen atoms in total. The summed E-state index contributed by atoms with van der Waals surface area (Å²) >= 11 is 0. The Morgan fingerprint density at radius 3 is 3.07 bits per heavy atom. The number of nitrogens with zero attached hydrogens (tertiary/aromatic N) is 3. The van der Waals surface area contributed by atoms with Gasteiger partial charge in [-0.25, -0.2) is 0 Å². The Kier molecular flexibility index (Phi) is 2.96. The maximum Gasteiger partial charge on any atom is 0.220 e. The first-order valence-electron chi connectivity index (χ1n) is 5.06. The van der Waals surface area contributed by atoms with Gasteiger partial charge in [-0.3, -0.25) is 4.79 Å². The number of aromatic nitrogens is 3. The van der Waals surface area contributed by atoms with Gasteiger partial charge in [0.25, 0.3) is 0 Å². The summed E-state index contributed by atoms with van der Waals surface area (Å²) in [5.74, 6) is 1.36. The first-order valence-corrected chi connectivity index (χ1v) is 5.06. The van der Waals surface area contributed by atoms with Crippen LogP contribution >= 0.6 is 0 Å². The van der Waals surface area contributed by atoms with Gasteiger partial charge >= 0.3 is 0 Å². The number of nitrogens with one attached hydrogen (secondary N) is 2. The number of amides is 1. The second-order valence-electron chi connectivity index (χ2n) is 3.86. The fourth-order valence-corrected chi connectivity index (χ4v) is 1.47. The van der Waals surface area contributed by atoms with E-state index in [1.807, 2.05) is 7.05 Å². The zero-order valence-corrected chi connectivity index (χ0v) is 8.73. The predicted octanol–water partition coefficient (Wildman–Crippen LogP) is -0.959. The van der Waals surface area contributed by atoms with Crippen LogP contribution in [0.15, 0.2) is 6.33 Å². The average Bonchev–Trinajstić information content (AvgIpc) is 2.55. The second-order valence-corrected chi connectivity index (χ2v) is 3.86. The maximum atomic E-state index is 11.5. The van der Waals surface area contributed by atoms with E-state index in [9.17, 15) is 4.79 Å². The molecular weight excluding hydrogens is 194 g/mol. The van der Waals surface area contributed by atoms with Crippen molar-refractivity contribution in [1.82, 2.24) is 25.4 Å². The van der Waals surface area contributed by atoms with Gasteiger partial charge in [0, 0.05) is 13.5 Å². The molecule has 0 unspecified atom stereocenters. The van der Waals surface area contributed by atoms with Crippen LogP contribution in [0.1, 0.15) is 12.2 Å². The first kappa shape index (κ1) is 10.1. The zero-order chi connectivity index (χ0) is 10.7. The minimum atomic E-state index is 0.0875. The Hall–Kier alpha value is -1.43. The highest BCUT2D eigenvalue weighted by molar-refractivity contribution is 5.76. The third kappa shape index (κ3) is 2.53. The summed E-state index contributed by atoms with van der Waals surface area (Å²) in [6.45, 7) is 2.37. The van der Waals surface area contributed by atoms with Gasteiger partial charge in [0.15, 0.2) is 5.82 Å². The van der Waals surface area contributed by atoms with Crippen molar-refractivity contribution in [2.45, 2.75) is 13.0 Å². The third-order valence-corrected chi connectivity index (χ3v) is 2.59. The van der Waals surface area contributed by atoms with Gasteiger partial charge < -0.3 is 15.2 Å². The van der Waals surface area contributed by atoms with E-state index in [0.29, 0.717) is 18.9 Å². The van der Waals surface area contributed by atoms with E-state index in [-0.39, 0.29) is 5.91 Å². The molecule has 1 amide bonds. The van der Waals surface area contributed by atoms with Gasteiger partial charge in [-0.2, -0.15) is 0 Å². The van der Waals surface area contributed by atoms with Crippen molar-refractivity contribution in [3.63, 3.8) is 0 Å². The standard InChI is InChI=1S/C9H15N5O/c1-14-6-12-13-8(14)5-11-9(15)2-7-3-10-4-7/h6-7,10H,2-5H2,1H3,(H,11,15). The van der Waals surface area contributed by atoms with Gasteiger partial charge in [0.1, 0.15) is 6.33 Å². The van der Waals surface area contributed by atoms with Crippen LogP contribution in [-0.4, -0.2) is 33.8 Å². The molecule has 2 N–H and O–H groups in total. The molecule has 1 fully saturated rings. The summed E-state index contributed by atoms with van der Waals surface area (Å²) < 4.78 is 1.80. The largest absolute Gasteiger partial charge is 0.349 e. The highest BCUT2D eigenvalue weighted by atomic mass is 16.1. The quantitative estimate of drug-likeness (QED) is 0.670. The predicted molar refractivity (Wildman–Crippen MR) is 53.8 cm³/mol. The molecule has 1 saturated heterocycles. The van der Waals surface area contributed by atoms with Crippen LogP contribution < -0.4 is 10.6 Å². The fraction of sp³-hybridized carbons (Fsp3) is 0.667. The Labute approximate surface area is 88.1 Å². The van der Waals surface area contributed by atoms with Crippen molar-refractivity contribution >= 4 is 5.91 Å². The van der Waals surface area contributed by atoms with Crippen molar-refractivity contribution in [3.05, 3.63) is 12.2 Å². The summed E-state index contributed by atoms with van der Waals surface area (Å²) in [7, 11) is 1.86. The highest BCUT2D eigenvalue weighted by Crippen LogP contribution is 2.07. The van der Waals surface area contributed by atoms with Gasteiger partial charge in [-0.1, -0.05) is 0 Å². The van der Waals surface area contributed by atoms with Crippen molar-refractivity contribution in [2.75, 3.05) is 13.1 Å². The SMILES string of the molecule is Cn1cnnc1CNC(=O)CC1CNC1. The lowest BCUT2D eigenvalue weighted by Gasteiger charge is -2.26. The lowest BCUT2D eigenvalue weighted by atomic mass is 9.99. The van der Waals surface area contributed by atoms with Crippen LogP contribution in [0, 0.1) is 5.92 Å². The third-order valence-electron chi connectivity index (χ3n) is 2.59. The van der Waals surface area contributed by atoms with Crippen molar-refractivity contribution in [2.24, 2.45) is 13.0 Å². The zero-order valence-electron chi connectivity index (χ0n) is 8.73. The van der Waals surface area contributed by atoms with Crippen LogP contribution in [0.5, 0.6) is 0 Å². The monoisotopic (exact) mass is 209 g/mol. The summed E-state index contributed by atoms with van der Waals surface area (Å²) in [4.78, 5) is 11.5. The summed E-state index contributed by atoms with van der Waals surface area (Å²) in [6, 6.07) is 0. The van der Waals surface area contributed by atoms with Crippen LogP contribution in [0.4, 0.5) is 0 Å². The molecule has 0 aliphatic carbocycles. The molecule has 1 aromatic rings. The molecule has 0 atom stereocenters. The van der Waals surface area contributed by atoms with Gasteiger partial charge in [-0.15, -0.1) is 10.2 Å². The smallest absolute Gasteiger partial charge is 0.220 e. The highest BCUT2D eigenvalue weighted by Gasteiger charge is 2.19. The van der Waals surface area contributed by atoms with Gasteiger partial charge in [-0.05, 0) is 19.0 Å². The normalized spacial score (nSPS) is 16.1. The number of carbonyl (C=O) groups is 1. The van der Waals surface area contributed by atoms with Crippen molar-refractivity contribution in [3.8, 4) is 0 Å². The minimum absolute atomic E-state index is 0.0875. The van der Waals surface area contributed by atoms with Crippen molar-refractivity contribution in [1.29, 1.82) is 0 Å². The minimum Gasteiger partial charge on any atom is -0.349 e. The second kappa shape index (κ2) is 4.39. The lowest BCUT2D eigenvalue weighted by Crippen LogP contribution is -2.44. The van der Waals surface area contributed by atoms with Crippen LogP contribution in [-0.2, 0) is 18.4 Å². The number of rotatable bonds is 4. The molecule has 2 rings (SSSR count). The van der Waals surface area contributed by atoms with E-state index in [2.05, 4.69) is 20.8 Å². The Bertz CT molecular complexity index is 344. The van der Waals surface area contributed by atoms with E-state index < -0.39 is 0 Å². The molecule has 0 saturated carbocycles. The topological polar surface area (TPSA) is 71.8 Å². The van der Waals surface area contributed by atoms with E-state index in [1.165, 1.54) is 0 Å². The number of aryl methyl sites for hydroxylation is 1. The molecular formula is C9H15N5O. The number of hydrogen-bond donors (Lipinski definition) is 2. The fourth-order valence-electron chi connectivity index (χ4n) is 1.47. The molecule has 2 heterocycles. The van der Waals surface area contributed by atoms with E-state index >= 15 is 0 Å². The Morgan fingerprint density at radius 2 is 2.53 bits per heavy atom. The maximum absolute atomic E-state index is 11.5. The first-order chi connectivity index (χ1) is 7.25. The number of hydrogen-bond acceptors (Lipinski definition) is 4. The summed E-state index contributed by atoms with van der Waals surface area (Å²) in [6.07, 6.45) is 2.22. The van der Waals surface area contributed by atoms with Gasteiger partial charge in [0.2, 0.25) is 5.91 Å². The summed E-state index contributed by atoms with van der Waals surface area (Å²) in [5.41, 5.74) is 0. The Morgan fingerprint density at radius 1 is 1.73 bits per heavy atom. The van der Waals surface area contributed by atoms with E-state index in [1.54, 1.807) is 10.9 Å². The molecule has 1 aliphatic rings. The van der Waals surface area contributed by atoms with Crippen LogP contribution in [0.25, 0.3) is 0 Å². The Balaban J connectivity index is 1.73. The molecule has 0 spiro atoms. The van der Waals surface area contributed by atoms with Crippen LogP contribution in [0.3, 0.4) is 0 Å². The molecule has 0 aromatic carbocycles. The molecule has 82 valence electrons. The average molecular weight is 209 g/mol. The van der Waals surface area contributed by atoms with E-state index in [0.717, 1.165) is 18.9 Å². The number of carbonyl (C=O) groups excluding carboxylic acids is 1. The molecule has 0 bridgehead atoms. The molecule has 15 heavy (non-hydrogen) atoms. The van der Waals surface area contributed by atoms with Gasteiger partial charge in [0.05, 0.1) is 6.54 Å². The lowest BCUT2D eigenvalue weighted by molar-refractivity contribution is -0.122. The van der Waals surface area contributed by atoms with Crippen LogP contribution in [0.2, 0.25) is 0 Å². The summed E-state index contributed by atoms with van der Waals surface area (Å²) in [5, 5.41) is 13.6. The van der Waals surface area contributed by atoms with E-state index in [4.69, 9.17) is 0 Å². The van der Waals surface area contributed by atoms with Crippen molar-refractivity contribution < 1.29 is 4.79 Å². The molecule has 1 aliphatic heterocycles. The molecule has 0 radical (unpaired) electrons.